The second kappa shape index (κ2) is 5.09. The van der Waals surface area contributed by atoms with Crippen LogP contribution in [0.5, 0.6) is 0 Å². The molecule has 1 aromatic heterocycles. The van der Waals surface area contributed by atoms with Gasteiger partial charge in [-0.25, -0.2) is 13.4 Å². The highest BCUT2D eigenvalue weighted by atomic mass is 32.2. The fraction of sp³-hybridized carbons (Fsp3) is 0.600. The molecule has 3 saturated carbocycles. The van der Waals surface area contributed by atoms with Gasteiger partial charge >= 0.3 is 0 Å². The van der Waals surface area contributed by atoms with Crippen molar-refractivity contribution in [1.29, 1.82) is 0 Å². The molecule has 21 heavy (non-hydrogen) atoms. The summed E-state index contributed by atoms with van der Waals surface area (Å²) >= 11 is 0. The fourth-order valence-electron chi connectivity index (χ4n) is 3.54. The maximum atomic E-state index is 12.6. The van der Waals surface area contributed by atoms with Crippen LogP contribution in [0.15, 0.2) is 23.4 Å². The molecule has 3 aliphatic carbocycles. The van der Waals surface area contributed by atoms with E-state index in [1.54, 1.807) is 6.07 Å². The molecular formula is C15H20N2O3S. The van der Waals surface area contributed by atoms with Crippen LogP contribution in [0.2, 0.25) is 0 Å². The van der Waals surface area contributed by atoms with Gasteiger partial charge in [0.25, 0.3) is 0 Å². The molecular weight excluding hydrogens is 288 g/mol. The highest BCUT2D eigenvalue weighted by Gasteiger charge is 2.45. The zero-order valence-corrected chi connectivity index (χ0v) is 12.9. The van der Waals surface area contributed by atoms with Crippen molar-refractivity contribution in [2.75, 3.05) is 11.6 Å². The summed E-state index contributed by atoms with van der Waals surface area (Å²) in [6.07, 6.45) is 8.80. The number of amides is 1. The highest BCUT2D eigenvalue weighted by Crippen LogP contribution is 2.50. The van der Waals surface area contributed by atoms with Gasteiger partial charge in [-0.2, -0.15) is 0 Å². The molecule has 1 N–H and O–H groups in total. The molecule has 1 heterocycles. The summed E-state index contributed by atoms with van der Waals surface area (Å²) in [7, 11) is -3.36. The molecule has 3 fully saturated rings. The Hall–Kier alpha value is -1.43. The number of hydrogen-bond donors (Lipinski definition) is 1. The number of aromatic nitrogens is 1. The standard InChI is InChI=1S/C15H20N2O3S/c1-21(19,20)13-10-12(5-9-16-13)17-14(18)15-6-2-11(3-7-15)4-8-15/h5,9-11H,2-4,6-8H2,1H3,(H,16,17,18). The van der Waals surface area contributed by atoms with Crippen LogP contribution in [0.1, 0.15) is 38.5 Å². The van der Waals surface area contributed by atoms with E-state index in [0.29, 0.717) is 5.69 Å². The first-order chi connectivity index (χ1) is 9.89. The van der Waals surface area contributed by atoms with E-state index in [1.807, 2.05) is 0 Å². The Morgan fingerprint density at radius 2 is 1.90 bits per heavy atom. The van der Waals surface area contributed by atoms with Gasteiger partial charge in [0, 0.05) is 23.6 Å². The first-order valence-electron chi connectivity index (χ1n) is 7.37. The minimum absolute atomic E-state index is 0.00912. The van der Waals surface area contributed by atoms with Gasteiger partial charge in [-0.15, -0.1) is 0 Å². The highest BCUT2D eigenvalue weighted by molar-refractivity contribution is 7.90. The molecule has 0 radical (unpaired) electrons. The normalized spacial score (nSPS) is 28.3. The van der Waals surface area contributed by atoms with E-state index in [-0.39, 0.29) is 16.3 Å². The van der Waals surface area contributed by atoms with Gasteiger partial charge in [0.2, 0.25) is 5.91 Å². The van der Waals surface area contributed by atoms with Crippen molar-refractivity contribution in [1.82, 2.24) is 4.98 Å². The van der Waals surface area contributed by atoms with Crippen LogP contribution < -0.4 is 5.32 Å². The van der Waals surface area contributed by atoms with Crippen LogP contribution in [-0.2, 0) is 14.6 Å². The number of carbonyl (C=O) groups is 1. The van der Waals surface area contributed by atoms with Crippen LogP contribution in [0.3, 0.4) is 0 Å². The average molecular weight is 308 g/mol. The Kier molecular flexibility index (Phi) is 3.51. The van der Waals surface area contributed by atoms with Crippen LogP contribution in [0, 0.1) is 11.3 Å². The summed E-state index contributed by atoms with van der Waals surface area (Å²) in [6, 6.07) is 3.07. The van der Waals surface area contributed by atoms with Crippen molar-refractivity contribution in [3.63, 3.8) is 0 Å². The van der Waals surface area contributed by atoms with Crippen LogP contribution in [0.4, 0.5) is 5.69 Å². The minimum atomic E-state index is -3.36. The van der Waals surface area contributed by atoms with Crippen molar-refractivity contribution < 1.29 is 13.2 Å². The second-order valence-corrected chi connectivity index (χ2v) is 8.33. The molecule has 114 valence electrons. The smallest absolute Gasteiger partial charge is 0.230 e. The van der Waals surface area contributed by atoms with Gasteiger partial charge in [-0.3, -0.25) is 4.79 Å². The Labute approximate surface area is 125 Å². The number of carbonyl (C=O) groups excluding carboxylic acids is 1. The van der Waals surface area contributed by atoms with E-state index in [2.05, 4.69) is 10.3 Å². The molecule has 0 aliphatic heterocycles. The average Bonchev–Trinajstić information content (AvgIpc) is 2.48. The molecule has 0 spiro atoms. The van der Waals surface area contributed by atoms with Crippen molar-refractivity contribution in [3.05, 3.63) is 18.3 Å². The Morgan fingerprint density at radius 1 is 1.29 bits per heavy atom. The van der Waals surface area contributed by atoms with Gasteiger partial charge in [0.15, 0.2) is 14.9 Å². The lowest BCUT2D eigenvalue weighted by atomic mass is 9.60. The predicted octanol–water partition coefficient (Wildman–Crippen LogP) is 2.39. The molecule has 2 bridgehead atoms. The van der Waals surface area contributed by atoms with E-state index in [9.17, 15) is 13.2 Å². The number of pyridine rings is 1. The monoisotopic (exact) mass is 308 g/mol. The third-order valence-electron chi connectivity index (χ3n) is 4.95. The van der Waals surface area contributed by atoms with Gasteiger partial charge in [0.05, 0.1) is 0 Å². The number of sulfone groups is 1. The number of nitrogens with zero attached hydrogens (tertiary/aromatic N) is 1. The summed E-state index contributed by atoms with van der Waals surface area (Å²) in [5.74, 6) is 0.837. The third kappa shape index (κ3) is 2.81. The molecule has 6 heteroatoms. The topological polar surface area (TPSA) is 76.1 Å². The molecule has 1 aromatic rings. The Balaban J connectivity index is 1.79. The zero-order valence-electron chi connectivity index (χ0n) is 12.1. The summed E-state index contributed by atoms with van der Waals surface area (Å²) in [6.45, 7) is 0. The van der Waals surface area contributed by atoms with E-state index >= 15 is 0 Å². The zero-order chi connectivity index (χ0) is 15.1. The van der Waals surface area contributed by atoms with E-state index < -0.39 is 9.84 Å². The second-order valence-electron chi connectivity index (χ2n) is 6.37. The molecule has 0 aromatic carbocycles. The summed E-state index contributed by atoms with van der Waals surface area (Å²) in [5, 5.41) is 2.89. The first kappa shape index (κ1) is 14.5. The number of fused-ring (bicyclic) bond motifs is 3. The first-order valence-corrected chi connectivity index (χ1v) is 9.26. The third-order valence-corrected chi connectivity index (χ3v) is 5.93. The van der Waals surface area contributed by atoms with E-state index in [0.717, 1.165) is 50.7 Å². The lowest BCUT2D eigenvalue weighted by Crippen LogP contribution is -2.43. The van der Waals surface area contributed by atoms with Crippen molar-refractivity contribution >= 4 is 21.4 Å². The van der Waals surface area contributed by atoms with Crippen molar-refractivity contribution in [3.8, 4) is 0 Å². The number of nitrogens with one attached hydrogen (secondary N) is 1. The Morgan fingerprint density at radius 3 is 2.48 bits per heavy atom. The van der Waals surface area contributed by atoms with E-state index in [1.165, 1.54) is 12.3 Å². The summed E-state index contributed by atoms with van der Waals surface area (Å²) in [5.41, 5.74) is 0.265. The van der Waals surface area contributed by atoms with Gasteiger partial charge in [0.1, 0.15) is 0 Å². The predicted molar refractivity (Wildman–Crippen MR) is 79.6 cm³/mol. The van der Waals surface area contributed by atoms with E-state index in [4.69, 9.17) is 0 Å². The lowest BCUT2D eigenvalue weighted by Gasteiger charge is -2.45. The summed E-state index contributed by atoms with van der Waals surface area (Å²) < 4.78 is 23.0. The van der Waals surface area contributed by atoms with Crippen molar-refractivity contribution in [2.45, 2.75) is 43.6 Å². The molecule has 1 amide bonds. The van der Waals surface area contributed by atoms with Crippen molar-refractivity contribution in [2.24, 2.45) is 11.3 Å². The van der Waals surface area contributed by atoms with Gasteiger partial charge < -0.3 is 5.32 Å². The Bertz CT molecular complexity index is 647. The largest absolute Gasteiger partial charge is 0.325 e. The van der Waals surface area contributed by atoms with Gasteiger partial charge in [-0.05, 0) is 56.6 Å². The van der Waals surface area contributed by atoms with Crippen LogP contribution in [0.25, 0.3) is 0 Å². The molecule has 0 saturated heterocycles. The molecule has 5 nitrogen and oxygen atoms in total. The molecule has 0 atom stereocenters. The molecule has 3 aliphatic rings. The van der Waals surface area contributed by atoms with Crippen LogP contribution >= 0.6 is 0 Å². The van der Waals surface area contributed by atoms with Crippen LogP contribution in [-0.4, -0.2) is 25.6 Å². The number of rotatable bonds is 3. The number of hydrogen-bond acceptors (Lipinski definition) is 4. The SMILES string of the molecule is CS(=O)(=O)c1cc(NC(=O)C23CCC(CC2)CC3)ccn1. The maximum absolute atomic E-state index is 12.6. The quantitative estimate of drug-likeness (QED) is 0.930. The van der Waals surface area contributed by atoms with Gasteiger partial charge in [-0.1, -0.05) is 0 Å². The lowest BCUT2D eigenvalue weighted by molar-refractivity contribution is -0.131. The number of anilines is 1. The molecule has 4 rings (SSSR count). The maximum Gasteiger partial charge on any atom is 0.230 e. The fourth-order valence-corrected chi connectivity index (χ4v) is 4.14. The minimum Gasteiger partial charge on any atom is -0.325 e. The molecule has 0 unspecified atom stereocenters. The summed E-state index contributed by atoms with van der Waals surface area (Å²) in [4.78, 5) is 16.5.